The first-order chi connectivity index (χ1) is 32.4. The number of hydrogen-bond acceptors (Lipinski definition) is 3. The van der Waals surface area contributed by atoms with Crippen molar-refractivity contribution in [2.75, 3.05) is 0 Å². The molecule has 16 rings (SSSR count). The highest BCUT2D eigenvalue weighted by atomic mass is 15.0. The lowest BCUT2D eigenvalue weighted by Gasteiger charge is -2.61. The highest BCUT2D eigenvalue weighted by Crippen LogP contribution is 2.70. The van der Waals surface area contributed by atoms with Crippen molar-refractivity contribution in [3.05, 3.63) is 184 Å². The quantitative estimate of drug-likeness (QED) is 0.178. The number of nitrogens with zero attached hydrogens (tertiary/aromatic N) is 3. The molecule has 0 amide bonds. The lowest BCUT2D eigenvalue weighted by atomic mass is 9.43. The third-order valence-corrected chi connectivity index (χ3v) is 18.9. The van der Waals surface area contributed by atoms with Gasteiger partial charge < -0.3 is 0 Å². The summed E-state index contributed by atoms with van der Waals surface area (Å²) in [5.41, 5.74) is 24.9. The second-order valence-corrected chi connectivity index (χ2v) is 23.2. The molecule has 4 saturated carbocycles. The van der Waals surface area contributed by atoms with Gasteiger partial charge in [-0.15, -0.1) is 0 Å². The Morgan fingerprint density at radius 2 is 0.761 bits per heavy atom. The molecule has 0 saturated heterocycles. The molecular formula is C64H55N3. The minimum atomic E-state index is -0.280. The van der Waals surface area contributed by atoms with Gasteiger partial charge in [0.1, 0.15) is 0 Å². The first-order valence-electron chi connectivity index (χ1n) is 25.1. The van der Waals surface area contributed by atoms with Gasteiger partial charge in [0, 0.05) is 38.4 Å². The van der Waals surface area contributed by atoms with Gasteiger partial charge in [0.05, 0.1) is 0 Å². The predicted octanol–water partition coefficient (Wildman–Crippen LogP) is 15.5. The van der Waals surface area contributed by atoms with Gasteiger partial charge in [0.15, 0.2) is 17.5 Å². The van der Waals surface area contributed by atoms with Crippen molar-refractivity contribution in [1.82, 2.24) is 15.0 Å². The average molecular weight is 866 g/mol. The second kappa shape index (κ2) is 12.7. The Bertz CT molecular complexity index is 3370. The van der Waals surface area contributed by atoms with Gasteiger partial charge in [-0.25, -0.2) is 15.0 Å². The summed E-state index contributed by atoms with van der Waals surface area (Å²) in [5.74, 6) is 5.44. The van der Waals surface area contributed by atoms with Crippen molar-refractivity contribution in [1.29, 1.82) is 0 Å². The molecule has 0 atom stereocenters. The topological polar surface area (TPSA) is 38.7 Å². The highest BCUT2D eigenvalue weighted by Gasteiger charge is 2.62. The normalized spacial score (nSPS) is 24.7. The Morgan fingerprint density at radius 3 is 1.33 bits per heavy atom. The molecule has 8 aliphatic rings. The summed E-state index contributed by atoms with van der Waals surface area (Å²) in [5, 5.41) is 0. The molecule has 1 spiro atoms. The molecule has 0 N–H and O–H groups in total. The zero-order valence-electron chi connectivity index (χ0n) is 39.5. The molecular weight excluding hydrogens is 811 g/mol. The molecule has 8 aromatic rings. The number of hydrogen-bond donors (Lipinski definition) is 0. The summed E-state index contributed by atoms with van der Waals surface area (Å²) < 4.78 is 0. The van der Waals surface area contributed by atoms with E-state index in [0.29, 0.717) is 11.6 Å². The van der Waals surface area contributed by atoms with Crippen molar-refractivity contribution >= 4 is 0 Å². The Kier molecular flexibility index (Phi) is 7.35. The van der Waals surface area contributed by atoms with E-state index in [1.807, 2.05) is 0 Å². The zero-order chi connectivity index (χ0) is 44.9. The van der Waals surface area contributed by atoms with Crippen LogP contribution in [0.4, 0.5) is 0 Å². The molecule has 0 radical (unpaired) electrons. The van der Waals surface area contributed by atoms with Gasteiger partial charge in [-0.2, -0.15) is 0 Å². The Morgan fingerprint density at radius 1 is 0.328 bits per heavy atom. The predicted molar refractivity (Wildman–Crippen MR) is 272 cm³/mol. The van der Waals surface area contributed by atoms with E-state index in [1.54, 1.807) is 11.1 Å². The lowest BCUT2D eigenvalue weighted by molar-refractivity contribution is -0.0399. The molecule has 3 nitrogen and oxygen atoms in total. The first kappa shape index (κ1) is 38.6. The van der Waals surface area contributed by atoms with Crippen molar-refractivity contribution in [3.8, 4) is 78.7 Å². The zero-order valence-corrected chi connectivity index (χ0v) is 39.5. The van der Waals surface area contributed by atoms with Crippen LogP contribution in [-0.2, 0) is 21.7 Å². The van der Waals surface area contributed by atoms with Crippen LogP contribution in [0.25, 0.3) is 78.7 Å². The number of benzene rings is 7. The minimum absolute atomic E-state index is 0.123. The highest BCUT2D eigenvalue weighted by molar-refractivity contribution is 5.94. The molecule has 3 heteroatoms. The van der Waals surface area contributed by atoms with E-state index in [4.69, 9.17) is 15.0 Å². The van der Waals surface area contributed by atoms with Crippen molar-refractivity contribution in [3.63, 3.8) is 0 Å². The van der Waals surface area contributed by atoms with E-state index in [9.17, 15) is 0 Å². The lowest BCUT2D eigenvalue weighted by Crippen LogP contribution is -2.55. The van der Waals surface area contributed by atoms with Crippen LogP contribution in [0.2, 0.25) is 0 Å². The van der Waals surface area contributed by atoms with E-state index in [-0.39, 0.29) is 21.7 Å². The van der Waals surface area contributed by atoms with Gasteiger partial charge in [0.2, 0.25) is 0 Å². The first-order valence-corrected chi connectivity index (χ1v) is 25.1. The van der Waals surface area contributed by atoms with Gasteiger partial charge >= 0.3 is 0 Å². The second-order valence-electron chi connectivity index (χ2n) is 23.2. The summed E-state index contributed by atoms with van der Waals surface area (Å²) in [6, 6.07) is 53.3. The number of aromatic nitrogens is 3. The Labute approximate surface area is 394 Å². The van der Waals surface area contributed by atoms with Crippen molar-refractivity contribution in [2.45, 2.75) is 95.3 Å². The van der Waals surface area contributed by atoms with E-state index in [0.717, 1.165) is 46.2 Å². The van der Waals surface area contributed by atoms with Crippen LogP contribution in [0.5, 0.6) is 0 Å². The van der Waals surface area contributed by atoms with Crippen LogP contribution >= 0.6 is 0 Å². The summed E-state index contributed by atoms with van der Waals surface area (Å²) in [7, 11) is 0. The molecule has 1 heterocycles. The monoisotopic (exact) mass is 865 g/mol. The molecule has 0 aliphatic heterocycles. The van der Waals surface area contributed by atoms with Crippen molar-refractivity contribution in [2.24, 2.45) is 23.7 Å². The van der Waals surface area contributed by atoms with Crippen molar-refractivity contribution < 1.29 is 0 Å². The van der Waals surface area contributed by atoms with Crippen LogP contribution in [0.15, 0.2) is 140 Å². The maximum absolute atomic E-state index is 5.55. The van der Waals surface area contributed by atoms with E-state index < -0.39 is 0 Å². The third-order valence-electron chi connectivity index (χ3n) is 18.9. The Hall–Kier alpha value is -6.45. The van der Waals surface area contributed by atoms with E-state index in [2.05, 4.69) is 181 Å². The van der Waals surface area contributed by atoms with Crippen LogP contribution in [0, 0.1) is 23.7 Å². The molecule has 4 fully saturated rings. The number of fused-ring (bicyclic) bond motifs is 12. The standard InChI is InChI=1S/C64H55N3/c1-61(2)50-19-10-7-14-41(50)44-24-22-37(31-53(44)61)58-65-59(38-23-25-45-42-15-8-11-20-51(42)62(3,4)54(45)32-38)67-60(66-58)47-18-13-17-46-49-33-48-43-16-9-12-21-52(43)64(56(48)34-55(49)63(5,6)57(46)47)39-27-35-26-36(29-39)30-40(64)28-35/h7-25,31-36,39-40H,26-30H2,1-6H3. The van der Waals surface area contributed by atoms with Crippen LogP contribution < -0.4 is 0 Å². The van der Waals surface area contributed by atoms with E-state index in [1.165, 1.54) is 110 Å². The molecule has 4 bridgehead atoms. The Balaban J connectivity index is 0.922. The fourth-order valence-corrected chi connectivity index (χ4v) is 16.1. The summed E-state index contributed by atoms with van der Waals surface area (Å²) in [6.07, 6.45) is 7.01. The molecule has 326 valence electrons. The summed E-state index contributed by atoms with van der Waals surface area (Å²) in [6.45, 7) is 14.3. The van der Waals surface area contributed by atoms with Crippen LogP contribution in [0.1, 0.15) is 118 Å². The number of rotatable bonds is 3. The average Bonchev–Trinajstić information content (AvgIpc) is 3.94. The van der Waals surface area contributed by atoms with Crippen LogP contribution in [0.3, 0.4) is 0 Å². The summed E-state index contributed by atoms with van der Waals surface area (Å²) in [4.78, 5) is 16.5. The van der Waals surface area contributed by atoms with Gasteiger partial charge in [-0.3, -0.25) is 0 Å². The van der Waals surface area contributed by atoms with Gasteiger partial charge in [-0.05, 0) is 163 Å². The summed E-state index contributed by atoms with van der Waals surface area (Å²) >= 11 is 0. The van der Waals surface area contributed by atoms with Gasteiger partial charge in [-0.1, -0.05) is 163 Å². The molecule has 7 aromatic carbocycles. The fraction of sp³-hybridized carbons (Fsp3) is 0.297. The fourth-order valence-electron chi connectivity index (χ4n) is 16.1. The SMILES string of the molecule is CC1(C)c2ccccc2-c2ccc(-c3nc(-c4ccc5c(c4)C(C)(C)c4ccccc4-5)nc(-c4cccc5c4C(C)(C)c4cc6c(cc4-5)-c4ccccc4C64C5CC6CC(C5)CC4C6)n3)cc21. The largest absolute Gasteiger partial charge is 0.208 e. The third kappa shape index (κ3) is 4.81. The molecule has 1 aromatic heterocycles. The maximum Gasteiger partial charge on any atom is 0.164 e. The molecule has 67 heavy (non-hydrogen) atoms. The van der Waals surface area contributed by atoms with E-state index >= 15 is 0 Å². The smallest absolute Gasteiger partial charge is 0.164 e. The van der Waals surface area contributed by atoms with Gasteiger partial charge in [0.25, 0.3) is 0 Å². The maximum atomic E-state index is 5.55. The molecule has 0 unspecified atom stereocenters. The van der Waals surface area contributed by atoms with Crippen LogP contribution in [-0.4, -0.2) is 15.0 Å². The molecule has 8 aliphatic carbocycles. The minimum Gasteiger partial charge on any atom is -0.208 e.